The first-order chi connectivity index (χ1) is 6.59. The van der Waals surface area contributed by atoms with E-state index in [-0.39, 0.29) is 11.5 Å². The fourth-order valence-electron chi connectivity index (χ4n) is 1.43. The van der Waals surface area contributed by atoms with Crippen LogP contribution in [0, 0.1) is 12.7 Å². The minimum atomic E-state index is -1.04. The monoisotopic (exact) mass is 193 g/mol. The summed E-state index contributed by atoms with van der Waals surface area (Å²) in [6, 6.07) is 4.38. The van der Waals surface area contributed by atoms with Gasteiger partial charge in [0.05, 0.1) is 5.52 Å². The molecular formula is C10H8FNO2. The predicted molar refractivity (Wildman–Crippen MR) is 50.0 cm³/mol. The van der Waals surface area contributed by atoms with E-state index in [1.165, 1.54) is 12.1 Å². The number of carbonyl (C=O) groups is 1. The van der Waals surface area contributed by atoms with Crippen molar-refractivity contribution >= 4 is 16.9 Å². The number of carboxylic acids is 1. The number of halogens is 1. The molecule has 0 amide bonds. The molecule has 0 radical (unpaired) electrons. The molecule has 0 saturated heterocycles. The lowest BCUT2D eigenvalue weighted by Crippen LogP contribution is -1.95. The van der Waals surface area contributed by atoms with Gasteiger partial charge in [-0.2, -0.15) is 0 Å². The number of hydrogen-bond donors (Lipinski definition) is 2. The summed E-state index contributed by atoms with van der Waals surface area (Å²) in [4.78, 5) is 13.3. The molecule has 0 saturated carbocycles. The number of fused-ring (bicyclic) bond motifs is 1. The molecule has 0 bridgehead atoms. The summed E-state index contributed by atoms with van der Waals surface area (Å²) in [5.41, 5.74) is 1.06. The summed E-state index contributed by atoms with van der Waals surface area (Å²) in [5, 5.41) is 9.43. The molecule has 72 valence electrons. The van der Waals surface area contributed by atoms with Gasteiger partial charge in [-0.1, -0.05) is 0 Å². The van der Waals surface area contributed by atoms with Gasteiger partial charge in [0.1, 0.15) is 11.5 Å². The van der Waals surface area contributed by atoms with Crippen LogP contribution in [0.5, 0.6) is 0 Å². The summed E-state index contributed by atoms with van der Waals surface area (Å²) in [6.45, 7) is 1.61. The largest absolute Gasteiger partial charge is 0.477 e. The van der Waals surface area contributed by atoms with Crippen LogP contribution in [-0.2, 0) is 0 Å². The van der Waals surface area contributed by atoms with Gasteiger partial charge in [0, 0.05) is 10.9 Å². The third-order valence-corrected chi connectivity index (χ3v) is 2.22. The maximum Gasteiger partial charge on any atom is 0.352 e. The van der Waals surface area contributed by atoms with Crippen LogP contribution in [0.2, 0.25) is 0 Å². The SMILES string of the molecule is Cc1c(F)ccc2cc(C(=O)O)[nH]c12. The highest BCUT2D eigenvalue weighted by Gasteiger charge is 2.10. The molecule has 0 spiro atoms. The zero-order valence-electron chi connectivity index (χ0n) is 7.47. The Kier molecular flexibility index (Phi) is 1.77. The number of nitrogens with one attached hydrogen (secondary N) is 1. The van der Waals surface area contributed by atoms with Gasteiger partial charge < -0.3 is 10.1 Å². The molecule has 0 unspecified atom stereocenters. The third-order valence-electron chi connectivity index (χ3n) is 2.22. The van der Waals surface area contributed by atoms with E-state index in [1.54, 1.807) is 13.0 Å². The van der Waals surface area contributed by atoms with Crippen molar-refractivity contribution in [2.75, 3.05) is 0 Å². The number of rotatable bonds is 1. The number of aryl methyl sites for hydroxylation is 1. The van der Waals surface area contributed by atoms with Crippen molar-refractivity contribution in [3.63, 3.8) is 0 Å². The fraction of sp³-hybridized carbons (Fsp3) is 0.100. The van der Waals surface area contributed by atoms with Crippen molar-refractivity contribution in [1.29, 1.82) is 0 Å². The van der Waals surface area contributed by atoms with Crippen LogP contribution in [0.3, 0.4) is 0 Å². The van der Waals surface area contributed by atoms with Crippen LogP contribution in [0.4, 0.5) is 4.39 Å². The van der Waals surface area contributed by atoms with Crippen molar-refractivity contribution in [2.45, 2.75) is 6.92 Å². The summed E-state index contributed by atoms with van der Waals surface area (Å²) in [7, 11) is 0. The first-order valence-corrected chi connectivity index (χ1v) is 4.10. The molecule has 1 heterocycles. The topological polar surface area (TPSA) is 53.1 Å². The molecule has 14 heavy (non-hydrogen) atoms. The van der Waals surface area contributed by atoms with Crippen molar-refractivity contribution < 1.29 is 14.3 Å². The summed E-state index contributed by atoms with van der Waals surface area (Å²) in [6.07, 6.45) is 0. The van der Waals surface area contributed by atoms with Crippen molar-refractivity contribution in [3.8, 4) is 0 Å². The number of H-pyrrole nitrogens is 1. The molecule has 0 fully saturated rings. The molecule has 2 N–H and O–H groups in total. The van der Waals surface area contributed by atoms with E-state index in [4.69, 9.17) is 5.11 Å². The number of benzene rings is 1. The highest BCUT2D eigenvalue weighted by molar-refractivity contribution is 5.94. The first kappa shape index (κ1) is 8.74. The molecule has 4 heteroatoms. The molecule has 0 aliphatic rings. The number of carboxylic acid groups (broad SMARTS) is 1. The highest BCUT2D eigenvalue weighted by Crippen LogP contribution is 2.21. The number of hydrogen-bond acceptors (Lipinski definition) is 1. The number of aromatic nitrogens is 1. The lowest BCUT2D eigenvalue weighted by molar-refractivity contribution is 0.0691. The Bertz CT molecular complexity index is 516. The van der Waals surface area contributed by atoms with E-state index in [0.717, 1.165) is 0 Å². The number of aromatic amines is 1. The van der Waals surface area contributed by atoms with Gasteiger partial charge in [-0.15, -0.1) is 0 Å². The average molecular weight is 193 g/mol. The fourth-order valence-corrected chi connectivity index (χ4v) is 1.43. The van der Waals surface area contributed by atoms with Gasteiger partial charge in [0.2, 0.25) is 0 Å². The van der Waals surface area contributed by atoms with Crippen molar-refractivity contribution in [2.24, 2.45) is 0 Å². The van der Waals surface area contributed by atoms with E-state index >= 15 is 0 Å². The molecule has 0 aliphatic carbocycles. The van der Waals surface area contributed by atoms with Gasteiger partial charge in [0.25, 0.3) is 0 Å². The lowest BCUT2D eigenvalue weighted by Gasteiger charge is -1.96. The highest BCUT2D eigenvalue weighted by atomic mass is 19.1. The smallest absolute Gasteiger partial charge is 0.352 e. The van der Waals surface area contributed by atoms with Crippen molar-refractivity contribution in [1.82, 2.24) is 4.98 Å². The zero-order valence-corrected chi connectivity index (χ0v) is 7.47. The second-order valence-electron chi connectivity index (χ2n) is 3.12. The Morgan fingerprint density at radius 3 is 2.86 bits per heavy atom. The zero-order chi connectivity index (χ0) is 10.3. The quantitative estimate of drug-likeness (QED) is 0.730. The minimum absolute atomic E-state index is 0.0775. The second kappa shape index (κ2) is 2.83. The van der Waals surface area contributed by atoms with E-state index in [0.29, 0.717) is 16.5 Å². The second-order valence-corrected chi connectivity index (χ2v) is 3.12. The molecule has 0 aliphatic heterocycles. The van der Waals surface area contributed by atoms with E-state index in [2.05, 4.69) is 4.98 Å². The lowest BCUT2D eigenvalue weighted by atomic mass is 10.1. The van der Waals surface area contributed by atoms with Gasteiger partial charge >= 0.3 is 5.97 Å². The van der Waals surface area contributed by atoms with Crippen LogP contribution in [0.1, 0.15) is 16.1 Å². The van der Waals surface area contributed by atoms with Crippen LogP contribution in [0.25, 0.3) is 10.9 Å². The molecule has 2 rings (SSSR count). The molecule has 1 aromatic heterocycles. The van der Waals surface area contributed by atoms with Gasteiger partial charge in [-0.3, -0.25) is 0 Å². The minimum Gasteiger partial charge on any atom is -0.477 e. The standard InChI is InChI=1S/C10H8FNO2/c1-5-7(11)3-2-6-4-8(10(13)14)12-9(5)6/h2-4,12H,1H3,(H,13,14). The van der Waals surface area contributed by atoms with E-state index < -0.39 is 5.97 Å². The Labute approximate surface area is 79.2 Å². The Morgan fingerprint density at radius 1 is 1.50 bits per heavy atom. The molecule has 2 aromatic rings. The van der Waals surface area contributed by atoms with Crippen LogP contribution in [-0.4, -0.2) is 16.1 Å². The van der Waals surface area contributed by atoms with Crippen LogP contribution in [0.15, 0.2) is 18.2 Å². The van der Waals surface area contributed by atoms with Gasteiger partial charge in [-0.25, -0.2) is 9.18 Å². The Balaban J connectivity index is 2.77. The maximum atomic E-state index is 13.1. The summed E-state index contributed by atoms with van der Waals surface area (Å²) < 4.78 is 13.1. The van der Waals surface area contributed by atoms with Gasteiger partial charge in [0.15, 0.2) is 0 Å². The van der Waals surface area contributed by atoms with Crippen LogP contribution < -0.4 is 0 Å². The summed E-state index contributed by atoms with van der Waals surface area (Å²) >= 11 is 0. The van der Waals surface area contributed by atoms with E-state index in [9.17, 15) is 9.18 Å². The molecule has 1 aromatic carbocycles. The average Bonchev–Trinajstić information content (AvgIpc) is 2.56. The van der Waals surface area contributed by atoms with Gasteiger partial charge in [-0.05, 0) is 25.1 Å². The molecule has 3 nitrogen and oxygen atoms in total. The Hall–Kier alpha value is -1.84. The van der Waals surface area contributed by atoms with Crippen LogP contribution >= 0.6 is 0 Å². The maximum absolute atomic E-state index is 13.1. The van der Waals surface area contributed by atoms with E-state index in [1.807, 2.05) is 0 Å². The van der Waals surface area contributed by atoms with Crippen molar-refractivity contribution in [3.05, 3.63) is 35.3 Å². The molecular weight excluding hydrogens is 185 g/mol. The summed E-state index contributed by atoms with van der Waals surface area (Å²) in [5.74, 6) is -1.38. The Morgan fingerprint density at radius 2 is 2.21 bits per heavy atom. The predicted octanol–water partition coefficient (Wildman–Crippen LogP) is 2.31. The molecule has 0 atom stereocenters. The number of aromatic carboxylic acids is 1. The normalized spacial score (nSPS) is 10.7. The first-order valence-electron chi connectivity index (χ1n) is 4.10. The third kappa shape index (κ3) is 1.16.